The lowest BCUT2D eigenvalue weighted by Crippen LogP contribution is -2.37. The van der Waals surface area contributed by atoms with Crippen molar-refractivity contribution in [3.63, 3.8) is 0 Å². The standard InChI is InChI=1S/C10H21NO/c1-3-9-4-5-10(6-9)11-8(2)7-12/h8-12H,3-7H2,1-2H3. The maximum absolute atomic E-state index is 8.86. The van der Waals surface area contributed by atoms with Gasteiger partial charge in [-0.3, -0.25) is 0 Å². The number of hydrogen-bond acceptors (Lipinski definition) is 2. The Hall–Kier alpha value is -0.0800. The van der Waals surface area contributed by atoms with Crippen molar-refractivity contribution in [2.24, 2.45) is 5.92 Å². The van der Waals surface area contributed by atoms with Gasteiger partial charge in [0.15, 0.2) is 0 Å². The van der Waals surface area contributed by atoms with Crippen molar-refractivity contribution in [3.05, 3.63) is 0 Å². The molecule has 0 saturated heterocycles. The molecule has 0 amide bonds. The molecule has 0 heterocycles. The number of aliphatic hydroxyl groups is 1. The van der Waals surface area contributed by atoms with Gasteiger partial charge in [0.05, 0.1) is 6.61 Å². The normalized spacial score (nSPS) is 32.2. The van der Waals surface area contributed by atoms with E-state index in [0.717, 1.165) is 5.92 Å². The molecule has 2 heteroatoms. The molecular formula is C10H21NO. The Morgan fingerprint density at radius 1 is 1.50 bits per heavy atom. The SMILES string of the molecule is CCC1CCC(NC(C)CO)C1. The molecule has 0 aromatic carbocycles. The van der Waals surface area contributed by atoms with E-state index < -0.39 is 0 Å². The van der Waals surface area contributed by atoms with E-state index in [0.29, 0.717) is 6.04 Å². The summed E-state index contributed by atoms with van der Waals surface area (Å²) < 4.78 is 0. The molecule has 3 unspecified atom stereocenters. The van der Waals surface area contributed by atoms with E-state index in [-0.39, 0.29) is 12.6 Å². The van der Waals surface area contributed by atoms with Gasteiger partial charge in [-0.15, -0.1) is 0 Å². The first-order valence-electron chi connectivity index (χ1n) is 5.13. The fourth-order valence-corrected chi connectivity index (χ4v) is 2.05. The van der Waals surface area contributed by atoms with Gasteiger partial charge >= 0.3 is 0 Å². The smallest absolute Gasteiger partial charge is 0.0582 e. The third-order valence-electron chi connectivity index (χ3n) is 2.91. The van der Waals surface area contributed by atoms with E-state index in [2.05, 4.69) is 12.2 Å². The Bertz CT molecular complexity index is 127. The van der Waals surface area contributed by atoms with Gasteiger partial charge in [-0.25, -0.2) is 0 Å². The highest BCUT2D eigenvalue weighted by atomic mass is 16.3. The fraction of sp³-hybridized carbons (Fsp3) is 1.00. The van der Waals surface area contributed by atoms with Gasteiger partial charge < -0.3 is 10.4 Å². The van der Waals surface area contributed by atoms with Gasteiger partial charge in [0.2, 0.25) is 0 Å². The second kappa shape index (κ2) is 4.83. The van der Waals surface area contributed by atoms with Crippen LogP contribution in [0, 0.1) is 5.92 Å². The van der Waals surface area contributed by atoms with Crippen LogP contribution in [0.4, 0.5) is 0 Å². The average molecular weight is 171 g/mol. The monoisotopic (exact) mass is 171 g/mol. The zero-order chi connectivity index (χ0) is 8.97. The molecule has 1 saturated carbocycles. The van der Waals surface area contributed by atoms with E-state index in [1.54, 1.807) is 0 Å². The Morgan fingerprint density at radius 3 is 2.75 bits per heavy atom. The van der Waals surface area contributed by atoms with Crippen LogP contribution in [0.3, 0.4) is 0 Å². The number of rotatable bonds is 4. The minimum absolute atomic E-state index is 0.257. The van der Waals surface area contributed by atoms with Crippen LogP contribution in [0.15, 0.2) is 0 Å². The van der Waals surface area contributed by atoms with E-state index in [4.69, 9.17) is 5.11 Å². The first-order valence-corrected chi connectivity index (χ1v) is 5.13. The van der Waals surface area contributed by atoms with Crippen molar-refractivity contribution in [2.45, 2.75) is 51.6 Å². The molecule has 72 valence electrons. The van der Waals surface area contributed by atoms with Crippen molar-refractivity contribution < 1.29 is 5.11 Å². The van der Waals surface area contributed by atoms with E-state index >= 15 is 0 Å². The predicted molar refractivity (Wildman–Crippen MR) is 51.1 cm³/mol. The van der Waals surface area contributed by atoms with Crippen LogP contribution in [-0.2, 0) is 0 Å². The fourth-order valence-electron chi connectivity index (χ4n) is 2.05. The highest BCUT2D eigenvalue weighted by Gasteiger charge is 2.23. The van der Waals surface area contributed by atoms with Crippen molar-refractivity contribution in [1.29, 1.82) is 0 Å². The summed E-state index contributed by atoms with van der Waals surface area (Å²) in [5, 5.41) is 12.3. The molecule has 2 N–H and O–H groups in total. The topological polar surface area (TPSA) is 32.3 Å². The van der Waals surface area contributed by atoms with Crippen LogP contribution in [-0.4, -0.2) is 23.8 Å². The summed E-state index contributed by atoms with van der Waals surface area (Å²) in [6.07, 6.45) is 5.28. The summed E-state index contributed by atoms with van der Waals surface area (Å²) in [6.45, 7) is 4.56. The Morgan fingerprint density at radius 2 is 2.25 bits per heavy atom. The number of nitrogens with one attached hydrogen (secondary N) is 1. The largest absolute Gasteiger partial charge is 0.395 e. The highest BCUT2D eigenvalue weighted by molar-refractivity contribution is 4.81. The Kier molecular flexibility index (Phi) is 4.02. The highest BCUT2D eigenvalue weighted by Crippen LogP contribution is 2.27. The summed E-state index contributed by atoms with van der Waals surface area (Å²) >= 11 is 0. The lowest BCUT2D eigenvalue weighted by Gasteiger charge is -2.17. The molecule has 0 radical (unpaired) electrons. The second-order valence-electron chi connectivity index (χ2n) is 4.03. The number of aliphatic hydroxyl groups excluding tert-OH is 1. The molecule has 0 aliphatic heterocycles. The van der Waals surface area contributed by atoms with E-state index in [1.807, 2.05) is 6.92 Å². The quantitative estimate of drug-likeness (QED) is 0.672. The van der Waals surface area contributed by atoms with Gasteiger partial charge in [0.1, 0.15) is 0 Å². The van der Waals surface area contributed by atoms with Crippen LogP contribution in [0.1, 0.15) is 39.5 Å². The minimum atomic E-state index is 0.257. The van der Waals surface area contributed by atoms with E-state index in [9.17, 15) is 0 Å². The zero-order valence-electron chi connectivity index (χ0n) is 8.21. The molecule has 2 nitrogen and oxygen atoms in total. The Labute approximate surface area is 75.4 Å². The number of hydrogen-bond donors (Lipinski definition) is 2. The van der Waals surface area contributed by atoms with Gasteiger partial charge in [0.25, 0.3) is 0 Å². The Balaban J connectivity index is 2.18. The maximum Gasteiger partial charge on any atom is 0.0582 e. The van der Waals surface area contributed by atoms with Gasteiger partial charge in [-0.1, -0.05) is 13.3 Å². The molecule has 3 atom stereocenters. The van der Waals surface area contributed by atoms with Crippen LogP contribution in [0.2, 0.25) is 0 Å². The van der Waals surface area contributed by atoms with Gasteiger partial charge in [-0.2, -0.15) is 0 Å². The maximum atomic E-state index is 8.86. The van der Waals surface area contributed by atoms with Crippen LogP contribution in [0.5, 0.6) is 0 Å². The first-order chi connectivity index (χ1) is 5.76. The summed E-state index contributed by atoms with van der Waals surface area (Å²) in [6, 6.07) is 0.933. The summed E-state index contributed by atoms with van der Waals surface area (Å²) in [5.41, 5.74) is 0. The average Bonchev–Trinajstić information content (AvgIpc) is 2.52. The molecule has 12 heavy (non-hydrogen) atoms. The zero-order valence-corrected chi connectivity index (χ0v) is 8.21. The van der Waals surface area contributed by atoms with Gasteiger partial charge in [0, 0.05) is 12.1 Å². The molecule has 1 aliphatic rings. The first kappa shape index (κ1) is 10.0. The molecule has 0 aromatic rings. The van der Waals surface area contributed by atoms with Crippen LogP contribution in [0.25, 0.3) is 0 Å². The van der Waals surface area contributed by atoms with Crippen molar-refractivity contribution in [1.82, 2.24) is 5.32 Å². The third kappa shape index (κ3) is 2.76. The molecular weight excluding hydrogens is 150 g/mol. The molecule has 0 spiro atoms. The molecule has 1 fully saturated rings. The lowest BCUT2D eigenvalue weighted by molar-refractivity contribution is 0.239. The molecule has 1 aliphatic carbocycles. The van der Waals surface area contributed by atoms with Crippen LogP contribution >= 0.6 is 0 Å². The summed E-state index contributed by atoms with van der Waals surface area (Å²) in [4.78, 5) is 0. The summed E-state index contributed by atoms with van der Waals surface area (Å²) in [5.74, 6) is 0.924. The molecule has 0 aromatic heterocycles. The summed E-state index contributed by atoms with van der Waals surface area (Å²) in [7, 11) is 0. The predicted octanol–water partition coefficient (Wildman–Crippen LogP) is 1.54. The molecule has 0 bridgehead atoms. The molecule has 1 rings (SSSR count). The van der Waals surface area contributed by atoms with E-state index in [1.165, 1.54) is 25.7 Å². The third-order valence-corrected chi connectivity index (χ3v) is 2.91. The van der Waals surface area contributed by atoms with Crippen LogP contribution < -0.4 is 5.32 Å². The second-order valence-corrected chi connectivity index (χ2v) is 4.03. The van der Waals surface area contributed by atoms with Crippen molar-refractivity contribution >= 4 is 0 Å². The van der Waals surface area contributed by atoms with Gasteiger partial charge in [-0.05, 0) is 32.1 Å². The van der Waals surface area contributed by atoms with Crippen molar-refractivity contribution in [2.75, 3.05) is 6.61 Å². The van der Waals surface area contributed by atoms with Crippen molar-refractivity contribution in [3.8, 4) is 0 Å². The minimum Gasteiger partial charge on any atom is -0.395 e. The lowest BCUT2D eigenvalue weighted by atomic mass is 10.1.